The molecule has 0 spiro atoms. The summed E-state index contributed by atoms with van der Waals surface area (Å²) < 4.78 is 8.34. The van der Waals surface area contributed by atoms with Crippen molar-refractivity contribution >= 4 is 27.9 Å². The molecule has 1 aromatic heterocycles. The molecule has 1 aliphatic carbocycles. The first-order chi connectivity index (χ1) is 14.1. The van der Waals surface area contributed by atoms with Crippen molar-refractivity contribution in [1.29, 1.82) is 0 Å². The zero-order valence-electron chi connectivity index (χ0n) is 17.8. The molecule has 0 radical (unpaired) electrons. The van der Waals surface area contributed by atoms with Crippen molar-refractivity contribution < 1.29 is 14.3 Å². The van der Waals surface area contributed by atoms with Crippen LogP contribution in [0.2, 0.25) is 0 Å². The second kappa shape index (κ2) is 7.41. The van der Waals surface area contributed by atoms with Gasteiger partial charge in [0.15, 0.2) is 0 Å². The van der Waals surface area contributed by atoms with Crippen LogP contribution in [0.4, 0.5) is 4.79 Å². The van der Waals surface area contributed by atoms with E-state index in [1.165, 1.54) is 0 Å². The number of nitrogens with zero attached hydrogens (tertiary/aromatic N) is 4. The molecule has 8 heteroatoms. The van der Waals surface area contributed by atoms with Crippen LogP contribution in [-0.4, -0.2) is 50.8 Å². The molecule has 2 heterocycles. The summed E-state index contributed by atoms with van der Waals surface area (Å²) in [6, 6.07) is 8.05. The molecular weight excluding hydrogens is 448 g/mol. The first-order valence-electron chi connectivity index (χ1n) is 10.2. The Morgan fingerprint density at radius 1 is 1.20 bits per heavy atom. The van der Waals surface area contributed by atoms with Gasteiger partial charge in [-0.1, -0.05) is 34.1 Å². The number of fused-ring (bicyclic) bond motifs is 1. The third-order valence-electron chi connectivity index (χ3n) is 5.80. The van der Waals surface area contributed by atoms with Crippen LogP contribution >= 0.6 is 15.9 Å². The first kappa shape index (κ1) is 20.9. The fourth-order valence-electron chi connectivity index (χ4n) is 4.02. The molecule has 1 saturated carbocycles. The second-order valence-corrected chi connectivity index (χ2v) is 9.86. The number of halogens is 1. The lowest BCUT2D eigenvalue weighted by atomic mass is 10.0. The van der Waals surface area contributed by atoms with Crippen molar-refractivity contribution in [1.82, 2.24) is 19.6 Å². The van der Waals surface area contributed by atoms with E-state index in [1.807, 2.05) is 55.6 Å². The number of aromatic nitrogens is 2. The monoisotopic (exact) mass is 474 g/mol. The standard InChI is InChI=1S/C22H27BrN4O3/c1-21(2,3)30-20(29)26-11-12-27-18(14-26)15(13-24-27)19(28)25(4)22(9-10-22)16-7-5-6-8-17(16)23/h5-8,13H,9-12,14H2,1-4H3. The fourth-order valence-corrected chi connectivity index (χ4v) is 4.68. The molecule has 1 aromatic carbocycles. The lowest BCUT2D eigenvalue weighted by Crippen LogP contribution is -2.43. The van der Waals surface area contributed by atoms with Crippen molar-refractivity contribution in [3.05, 3.63) is 51.8 Å². The fraction of sp³-hybridized carbons (Fsp3) is 0.500. The van der Waals surface area contributed by atoms with Gasteiger partial charge in [-0.2, -0.15) is 5.10 Å². The molecule has 0 bridgehead atoms. The van der Waals surface area contributed by atoms with Crippen LogP contribution in [0.25, 0.3) is 0 Å². The predicted octanol–water partition coefficient (Wildman–Crippen LogP) is 4.16. The third-order valence-corrected chi connectivity index (χ3v) is 6.49. The molecule has 0 saturated heterocycles. The van der Waals surface area contributed by atoms with Gasteiger partial charge in [-0.05, 0) is 45.2 Å². The number of hydrogen-bond acceptors (Lipinski definition) is 4. The van der Waals surface area contributed by atoms with Gasteiger partial charge in [0.25, 0.3) is 5.91 Å². The van der Waals surface area contributed by atoms with E-state index in [0.29, 0.717) is 25.2 Å². The van der Waals surface area contributed by atoms with E-state index in [2.05, 4.69) is 27.1 Å². The zero-order chi connectivity index (χ0) is 21.7. The number of carbonyl (C=O) groups is 2. The Bertz CT molecular complexity index is 991. The number of benzene rings is 1. The third kappa shape index (κ3) is 3.73. The Morgan fingerprint density at radius 2 is 1.90 bits per heavy atom. The second-order valence-electron chi connectivity index (χ2n) is 9.01. The van der Waals surface area contributed by atoms with Gasteiger partial charge < -0.3 is 14.5 Å². The van der Waals surface area contributed by atoms with Crippen LogP contribution in [0.15, 0.2) is 34.9 Å². The Morgan fingerprint density at radius 3 is 2.53 bits per heavy atom. The summed E-state index contributed by atoms with van der Waals surface area (Å²) in [4.78, 5) is 29.5. The van der Waals surface area contributed by atoms with E-state index in [4.69, 9.17) is 4.74 Å². The van der Waals surface area contributed by atoms with E-state index in [9.17, 15) is 9.59 Å². The summed E-state index contributed by atoms with van der Waals surface area (Å²) in [6.07, 6.45) is 3.10. The Balaban J connectivity index is 1.57. The van der Waals surface area contributed by atoms with Crippen LogP contribution < -0.4 is 0 Å². The number of hydrogen-bond donors (Lipinski definition) is 0. The lowest BCUT2D eigenvalue weighted by molar-refractivity contribution is 0.0192. The minimum Gasteiger partial charge on any atom is -0.444 e. The van der Waals surface area contributed by atoms with Crippen LogP contribution in [-0.2, 0) is 23.4 Å². The maximum absolute atomic E-state index is 13.5. The maximum atomic E-state index is 13.5. The molecular formula is C22H27BrN4O3. The smallest absolute Gasteiger partial charge is 0.410 e. The first-order valence-corrected chi connectivity index (χ1v) is 11.0. The number of rotatable bonds is 3. The highest BCUT2D eigenvalue weighted by Crippen LogP contribution is 2.52. The summed E-state index contributed by atoms with van der Waals surface area (Å²) in [5.41, 5.74) is 1.56. The molecule has 2 aromatic rings. The van der Waals surface area contributed by atoms with E-state index in [1.54, 1.807) is 11.1 Å². The van der Waals surface area contributed by atoms with Gasteiger partial charge in [0.2, 0.25) is 0 Å². The van der Waals surface area contributed by atoms with Crippen molar-refractivity contribution in [2.75, 3.05) is 13.6 Å². The normalized spacial score (nSPS) is 17.3. The van der Waals surface area contributed by atoms with E-state index >= 15 is 0 Å². The molecule has 160 valence electrons. The van der Waals surface area contributed by atoms with Crippen molar-refractivity contribution in [3.63, 3.8) is 0 Å². The molecule has 2 aliphatic rings. The average molecular weight is 475 g/mol. The lowest BCUT2D eigenvalue weighted by Gasteiger charge is -2.32. The van der Waals surface area contributed by atoms with Gasteiger partial charge in [-0.25, -0.2) is 4.79 Å². The highest BCUT2D eigenvalue weighted by atomic mass is 79.9. The van der Waals surface area contributed by atoms with Gasteiger partial charge in [0, 0.05) is 18.1 Å². The number of ether oxygens (including phenoxy) is 1. The Kier molecular flexibility index (Phi) is 5.16. The number of carbonyl (C=O) groups excluding carboxylic acids is 2. The van der Waals surface area contributed by atoms with Crippen molar-refractivity contribution in [2.45, 2.75) is 57.8 Å². The highest BCUT2D eigenvalue weighted by Gasteiger charge is 2.51. The predicted molar refractivity (Wildman–Crippen MR) is 116 cm³/mol. The molecule has 2 amide bonds. The van der Waals surface area contributed by atoms with Crippen LogP contribution in [0.3, 0.4) is 0 Å². The van der Waals surface area contributed by atoms with Gasteiger partial charge >= 0.3 is 6.09 Å². The van der Waals surface area contributed by atoms with Crippen molar-refractivity contribution in [3.8, 4) is 0 Å². The molecule has 1 fully saturated rings. The van der Waals surface area contributed by atoms with Crippen LogP contribution in [0.1, 0.15) is 55.2 Å². The van der Waals surface area contributed by atoms with Crippen LogP contribution in [0.5, 0.6) is 0 Å². The summed E-state index contributed by atoms with van der Waals surface area (Å²) in [5, 5.41) is 4.40. The summed E-state index contributed by atoms with van der Waals surface area (Å²) in [5.74, 6) is -0.0736. The Hall–Kier alpha value is -2.35. The quantitative estimate of drug-likeness (QED) is 0.669. The summed E-state index contributed by atoms with van der Waals surface area (Å²) >= 11 is 3.63. The highest BCUT2D eigenvalue weighted by molar-refractivity contribution is 9.10. The summed E-state index contributed by atoms with van der Waals surface area (Å²) in [6.45, 7) is 6.90. The number of amides is 2. The van der Waals surface area contributed by atoms with Crippen molar-refractivity contribution in [2.24, 2.45) is 0 Å². The van der Waals surface area contributed by atoms with Gasteiger partial charge in [0.05, 0.1) is 36.1 Å². The minimum absolute atomic E-state index is 0.0736. The zero-order valence-corrected chi connectivity index (χ0v) is 19.4. The molecule has 0 atom stereocenters. The largest absolute Gasteiger partial charge is 0.444 e. The topological polar surface area (TPSA) is 67.7 Å². The van der Waals surface area contributed by atoms with Crippen LogP contribution in [0, 0.1) is 0 Å². The maximum Gasteiger partial charge on any atom is 0.410 e. The minimum atomic E-state index is -0.560. The molecule has 4 rings (SSSR count). The summed E-state index contributed by atoms with van der Waals surface area (Å²) in [7, 11) is 1.85. The van der Waals surface area contributed by atoms with Gasteiger partial charge in [-0.15, -0.1) is 0 Å². The molecule has 0 unspecified atom stereocenters. The van der Waals surface area contributed by atoms with E-state index in [-0.39, 0.29) is 17.5 Å². The SMILES string of the molecule is CN(C(=O)c1cnn2c1CN(C(=O)OC(C)(C)C)CC2)C1(c2ccccc2Br)CC1. The Labute approximate surface area is 185 Å². The van der Waals surface area contributed by atoms with E-state index in [0.717, 1.165) is 28.6 Å². The van der Waals surface area contributed by atoms with E-state index < -0.39 is 5.60 Å². The molecule has 0 N–H and O–H groups in total. The molecule has 1 aliphatic heterocycles. The average Bonchev–Trinajstić information content (AvgIpc) is 3.38. The van der Waals surface area contributed by atoms with Gasteiger partial charge in [-0.3, -0.25) is 9.48 Å². The molecule has 7 nitrogen and oxygen atoms in total. The molecule has 30 heavy (non-hydrogen) atoms. The van der Waals surface area contributed by atoms with Gasteiger partial charge in [0.1, 0.15) is 5.60 Å².